The Balaban J connectivity index is 4.90. The summed E-state index contributed by atoms with van der Waals surface area (Å²) in [6.07, 6.45) is 2.11. The van der Waals surface area contributed by atoms with E-state index in [9.17, 15) is 24.0 Å². The summed E-state index contributed by atoms with van der Waals surface area (Å²) >= 11 is 1.43. The highest BCUT2D eigenvalue weighted by Gasteiger charge is 2.27. The molecule has 0 aliphatic heterocycles. The lowest BCUT2D eigenvalue weighted by molar-refractivity contribution is -0.141. The minimum absolute atomic E-state index is 0.145. The minimum Gasteiger partial charge on any atom is -0.481 e. The molecule has 0 spiro atoms. The summed E-state index contributed by atoms with van der Waals surface area (Å²) in [7, 11) is 0. The molecule has 0 fully saturated rings. The number of nitrogens with one attached hydrogen (secondary N) is 3. The average Bonchev–Trinajstić information content (AvgIpc) is 2.70. The van der Waals surface area contributed by atoms with Gasteiger partial charge in [-0.25, -0.2) is 4.79 Å². The van der Waals surface area contributed by atoms with Crippen molar-refractivity contribution in [3.63, 3.8) is 0 Å². The molecule has 12 heteroatoms. The maximum absolute atomic E-state index is 12.4. The van der Waals surface area contributed by atoms with Gasteiger partial charge in [-0.3, -0.25) is 19.2 Å². The monoisotopic (exact) mass is 448 g/mol. The van der Waals surface area contributed by atoms with Gasteiger partial charge in [-0.15, -0.1) is 0 Å². The number of thioether (sulfide) groups is 1. The van der Waals surface area contributed by atoms with Crippen LogP contribution in [0.3, 0.4) is 0 Å². The number of rotatable bonds is 15. The molecule has 11 nitrogen and oxygen atoms in total. The summed E-state index contributed by atoms with van der Waals surface area (Å²) in [5.41, 5.74) is 5.84. The Morgan fingerprint density at radius 1 is 1.00 bits per heavy atom. The molecule has 0 heterocycles. The second-order valence-corrected chi connectivity index (χ2v) is 7.85. The largest absolute Gasteiger partial charge is 0.481 e. The summed E-state index contributed by atoms with van der Waals surface area (Å²) in [5, 5.41) is 25.0. The SMILES string of the molecule is CCC(C)C(N)C(=O)NC(CCC(=O)O)C(=O)NCC(=O)NC(CCSC)C(=O)O. The first kappa shape index (κ1) is 27.7. The molecule has 0 aromatic rings. The van der Waals surface area contributed by atoms with Crippen molar-refractivity contribution in [2.75, 3.05) is 18.6 Å². The molecular weight excluding hydrogens is 416 g/mol. The maximum atomic E-state index is 12.4. The van der Waals surface area contributed by atoms with Crippen LogP contribution in [0.4, 0.5) is 0 Å². The topological polar surface area (TPSA) is 188 Å². The summed E-state index contributed by atoms with van der Waals surface area (Å²) < 4.78 is 0. The molecule has 0 rings (SSSR count). The van der Waals surface area contributed by atoms with Crippen LogP contribution in [0.5, 0.6) is 0 Å². The molecule has 4 atom stereocenters. The van der Waals surface area contributed by atoms with Gasteiger partial charge in [-0.2, -0.15) is 11.8 Å². The van der Waals surface area contributed by atoms with E-state index < -0.39 is 54.3 Å². The number of hydrogen-bond acceptors (Lipinski definition) is 7. The van der Waals surface area contributed by atoms with Crippen molar-refractivity contribution in [2.45, 2.75) is 57.7 Å². The fourth-order valence-corrected chi connectivity index (χ4v) is 2.82. The van der Waals surface area contributed by atoms with Crippen LogP contribution < -0.4 is 21.7 Å². The molecule has 7 N–H and O–H groups in total. The molecule has 172 valence electrons. The zero-order chi connectivity index (χ0) is 23.3. The second kappa shape index (κ2) is 14.6. The van der Waals surface area contributed by atoms with Crippen molar-refractivity contribution in [1.82, 2.24) is 16.0 Å². The van der Waals surface area contributed by atoms with Gasteiger partial charge in [0.1, 0.15) is 12.1 Å². The number of hydrogen-bond donors (Lipinski definition) is 6. The molecule has 0 bridgehead atoms. The lowest BCUT2D eigenvalue weighted by Gasteiger charge is -2.23. The van der Waals surface area contributed by atoms with Crippen molar-refractivity contribution in [3.05, 3.63) is 0 Å². The van der Waals surface area contributed by atoms with E-state index in [1.807, 2.05) is 6.92 Å². The highest BCUT2D eigenvalue weighted by Crippen LogP contribution is 2.07. The van der Waals surface area contributed by atoms with Crippen molar-refractivity contribution in [3.8, 4) is 0 Å². The Kier molecular flexibility index (Phi) is 13.5. The lowest BCUT2D eigenvalue weighted by Crippen LogP contribution is -2.54. The fourth-order valence-electron chi connectivity index (χ4n) is 2.35. The Hall–Kier alpha value is -2.34. The van der Waals surface area contributed by atoms with Crippen LogP contribution in [-0.4, -0.2) is 76.6 Å². The van der Waals surface area contributed by atoms with Gasteiger partial charge in [0.2, 0.25) is 17.7 Å². The van der Waals surface area contributed by atoms with Crippen molar-refractivity contribution >= 4 is 41.4 Å². The first-order chi connectivity index (χ1) is 14.0. The van der Waals surface area contributed by atoms with E-state index in [-0.39, 0.29) is 25.2 Å². The number of carboxylic acid groups (broad SMARTS) is 2. The molecule has 0 aromatic heterocycles. The zero-order valence-electron chi connectivity index (χ0n) is 17.5. The van der Waals surface area contributed by atoms with Crippen molar-refractivity contribution in [2.24, 2.45) is 11.7 Å². The molecule has 0 aliphatic rings. The Labute approximate surface area is 179 Å². The summed E-state index contributed by atoms with van der Waals surface area (Å²) in [6.45, 7) is 3.12. The highest BCUT2D eigenvalue weighted by atomic mass is 32.2. The van der Waals surface area contributed by atoms with E-state index in [4.69, 9.17) is 15.9 Å². The second-order valence-electron chi connectivity index (χ2n) is 6.86. The molecule has 30 heavy (non-hydrogen) atoms. The first-order valence-corrected chi connectivity index (χ1v) is 11.0. The van der Waals surface area contributed by atoms with Crippen LogP contribution in [-0.2, 0) is 24.0 Å². The van der Waals surface area contributed by atoms with E-state index in [1.54, 1.807) is 13.2 Å². The van der Waals surface area contributed by atoms with Crippen LogP contribution in [0, 0.1) is 5.92 Å². The molecule has 0 saturated carbocycles. The summed E-state index contributed by atoms with van der Waals surface area (Å²) in [4.78, 5) is 58.6. The fraction of sp³-hybridized carbons (Fsp3) is 0.722. The normalized spacial score (nSPS) is 14.7. The molecule has 0 radical (unpaired) electrons. The number of aliphatic carboxylic acids is 2. The van der Waals surface area contributed by atoms with E-state index in [2.05, 4.69) is 16.0 Å². The van der Waals surface area contributed by atoms with E-state index >= 15 is 0 Å². The average molecular weight is 449 g/mol. The van der Waals surface area contributed by atoms with Crippen molar-refractivity contribution in [1.29, 1.82) is 0 Å². The quantitative estimate of drug-likeness (QED) is 0.185. The molecule has 0 aromatic carbocycles. The number of carbonyl (C=O) groups is 5. The third-order valence-electron chi connectivity index (χ3n) is 4.51. The van der Waals surface area contributed by atoms with Crippen LogP contribution in [0.15, 0.2) is 0 Å². The van der Waals surface area contributed by atoms with Crippen LogP contribution >= 0.6 is 11.8 Å². The van der Waals surface area contributed by atoms with Crippen LogP contribution in [0.1, 0.15) is 39.5 Å². The van der Waals surface area contributed by atoms with Gasteiger partial charge >= 0.3 is 11.9 Å². The van der Waals surface area contributed by atoms with Gasteiger partial charge in [-0.05, 0) is 30.8 Å². The Bertz CT molecular complexity index is 617. The van der Waals surface area contributed by atoms with E-state index in [1.165, 1.54) is 11.8 Å². The van der Waals surface area contributed by atoms with Gasteiger partial charge in [0.15, 0.2) is 0 Å². The lowest BCUT2D eigenvalue weighted by atomic mass is 9.98. The van der Waals surface area contributed by atoms with Gasteiger partial charge < -0.3 is 31.9 Å². The van der Waals surface area contributed by atoms with Crippen LogP contribution in [0.2, 0.25) is 0 Å². The first-order valence-electron chi connectivity index (χ1n) is 9.59. The predicted octanol–water partition coefficient (Wildman–Crippen LogP) is -0.852. The number of nitrogens with two attached hydrogens (primary N) is 1. The van der Waals surface area contributed by atoms with E-state index in [0.717, 1.165) is 0 Å². The molecular formula is C18H32N4O7S. The summed E-state index contributed by atoms with van der Waals surface area (Å²) in [6, 6.07) is -3.15. The van der Waals surface area contributed by atoms with Gasteiger partial charge in [0.05, 0.1) is 12.6 Å². The van der Waals surface area contributed by atoms with E-state index in [0.29, 0.717) is 12.2 Å². The number of carbonyl (C=O) groups excluding carboxylic acids is 3. The van der Waals surface area contributed by atoms with Gasteiger partial charge in [-0.1, -0.05) is 20.3 Å². The predicted molar refractivity (Wildman–Crippen MR) is 112 cm³/mol. The van der Waals surface area contributed by atoms with Gasteiger partial charge in [0, 0.05) is 6.42 Å². The third-order valence-corrected chi connectivity index (χ3v) is 5.15. The molecule has 3 amide bonds. The third kappa shape index (κ3) is 11.0. The smallest absolute Gasteiger partial charge is 0.326 e. The number of carboxylic acids is 2. The Morgan fingerprint density at radius 2 is 1.63 bits per heavy atom. The number of amides is 3. The highest BCUT2D eigenvalue weighted by molar-refractivity contribution is 7.98. The van der Waals surface area contributed by atoms with Crippen LogP contribution in [0.25, 0.3) is 0 Å². The minimum atomic E-state index is -1.19. The Morgan fingerprint density at radius 3 is 2.13 bits per heavy atom. The zero-order valence-corrected chi connectivity index (χ0v) is 18.3. The molecule has 0 saturated heterocycles. The maximum Gasteiger partial charge on any atom is 0.326 e. The molecule has 4 unspecified atom stereocenters. The van der Waals surface area contributed by atoms with Gasteiger partial charge in [0.25, 0.3) is 0 Å². The standard InChI is InChI=1S/C18H32N4O7S/c1-4-10(2)15(19)17(27)22-11(5-6-14(24)25)16(26)20-9-13(23)21-12(18(28)29)7-8-30-3/h10-12,15H,4-9,19H2,1-3H3,(H,20,26)(H,21,23)(H,22,27)(H,24,25)(H,28,29). The summed E-state index contributed by atoms with van der Waals surface area (Å²) in [5.74, 6) is -4.01. The molecule has 0 aliphatic carbocycles. The van der Waals surface area contributed by atoms with Crippen molar-refractivity contribution < 1.29 is 34.2 Å².